The Bertz CT molecular complexity index is 355. The van der Waals surface area contributed by atoms with Crippen molar-refractivity contribution >= 4 is 23.2 Å². The maximum Gasteiger partial charge on any atom is 0.226 e. The molecule has 0 saturated carbocycles. The van der Waals surface area contributed by atoms with Gasteiger partial charge in [-0.2, -0.15) is 0 Å². The lowest BCUT2D eigenvalue weighted by Gasteiger charge is -2.06. The van der Waals surface area contributed by atoms with Gasteiger partial charge in [-0.05, 0) is 12.1 Å². The number of halogens is 1. The molecule has 0 aromatic heterocycles. The van der Waals surface area contributed by atoms with Crippen molar-refractivity contribution in [1.82, 2.24) is 0 Å². The van der Waals surface area contributed by atoms with Crippen molar-refractivity contribution in [2.75, 3.05) is 19.0 Å². The molecule has 0 aliphatic heterocycles. The summed E-state index contributed by atoms with van der Waals surface area (Å²) >= 11 is 5.80. The Morgan fingerprint density at radius 2 is 2.33 bits per heavy atom. The number of carbonyl (C=O) groups is 1. The topological polar surface area (TPSA) is 58.6 Å². The third kappa shape index (κ3) is 3.77. The number of hydrogen-bond donors (Lipinski definition) is 2. The lowest BCUT2D eigenvalue weighted by atomic mass is 10.3. The average Bonchev–Trinajstić information content (AvgIpc) is 2.19. The molecular formula is C10H12ClNO3. The lowest BCUT2D eigenvalue weighted by Crippen LogP contribution is -2.13. The third-order valence-electron chi connectivity index (χ3n) is 1.76. The van der Waals surface area contributed by atoms with Crippen LogP contribution in [0.3, 0.4) is 0 Å². The standard InChI is InChI=1S/C10H12ClNO3/c1-15-5-4-10(14)12-9-3-2-7(13)6-8(9)11/h2-3,6,13H,4-5H2,1H3,(H,12,14). The summed E-state index contributed by atoms with van der Waals surface area (Å²) in [6, 6.07) is 4.37. The van der Waals surface area contributed by atoms with Crippen molar-refractivity contribution in [3.8, 4) is 5.75 Å². The zero-order valence-corrected chi connectivity index (χ0v) is 9.04. The summed E-state index contributed by atoms with van der Waals surface area (Å²) in [4.78, 5) is 11.3. The normalized spacial score (nSPS) is 10.0. The molecule has 0 saturated heterocycles. The second-order valence-electron chi connectivity index (χ2n) is 2.96. The summed E-state index contributed by atoms with van der Waals surface area (Å²) in [5.41, 5.74) is 0.482. The van der Waals surface area contributed by atoms with Crippen LogP contribution < -0.4 is 5.32 Å². The van der Waals surface area contributed by atoms with Gasteiger partial charge in [-0.15, -0.1) is 0 Å². The van der Waals surface area contributed by atoms with E-state index in [-0.39, 0.29) is 18.1 Å². The number of rotatable bonds is 4. The van der Waals surface area contributed by atoms with Gasteiger partial charge in [0.25, 0.3) is 0 Å². The van der Waals surface area contributed by atoms with Crippen molar-refractivity contribution < 1.29 is 14.6 Å². The molecule has 0 unspecified atom stereocenters. The van der Waals surface area contributed by atoms with E-state index in [0.717, 1.165) is 0 Å². The van der Waals surface area contributed by atoms with E-state index in [1.54, 1.807) is 6.07 Å². The second kappa shape index (κ2) is 5.58. The summed E-state index contributed by atoms with van der Waals surface area (Å²) in [6.45, 7) is 0.363. The summed E-state index contributed by atoms with van der Waals surface area (Å²) in [6.07, 6.45) is 0.272. The summed E-state index contributed by atoms with van der Waals surface area (Å²) in [7, 11) is 1.53. The summed E-state index contributed by atoms with van der Waals surface area (Å²) in [5, 5.41) is 12.0. The number of methoxy groups -OCH3 is 1. The number of anilines is 1. The van der Waals surface area contributed by atoms with Gasteiger partial charge < -0.3 is 15.2 Å². The summed E-state index contributed by atoms with van der Waals surface area (Å²) in [5.74, 6) is -0.112. The zero-order valence-electron chi connectivity index (χ0n) is 8.29. The molecule has 0 spiro atoms. The van der Waals surface area contributed by atoms with Crippen LogP contribution in [0.1, 0.15) is 6.42 Å². The highest BCUT2D eigenvalue weighted by atomic mass is 35.5. The Morgan fingerprint density at radius 1 is 1.60 bits per heavy atom. The SMILES string of the molecule is COCCC(=O)Nc1ccc(O)cc1Cl. The first-order valence-corrected chi connectivity index (χ1v) is 4.78. The number of aromatic hydroxyl groups is 1. The van der Waals surface area contributed by atoms with Crippen LogP contribution in [0.15, 0.2) is 18.2 Å². The van der Waals surface area contributed by atoms with E-state index in [0.29, 0.717) is 17.3 Å². The molecule has 82 valence electrons. The van der Waals surface area contributed by atoms with Gasteiger partial charge in [0.1, 0.15) is 5.75 Å². The van der Waals surface area contributed by atoms with E-state index in [4.69, 9.17) is 21.4 Å². The van der Waals surface area contributed by atoms with Crippen molar-refractivity contribution in [3.05, 3.63) is 23.2 Å². The molecule has 1 rings (SSSR count). The van der Waals surface area contributed by atoms with E-state index in [1.807, 2.05) is 0 Å². The van der Waals surface area contributed by atoms with E-state index >= 15 is 0 Å². The van der Waals surface area contributed by atoms with Crippen LogP contribution in [0, 0.1) is 0 Å². The Labute approximate surface area is 92.8 Å². The molecule has 15 heavy (non-hydrogen) atoms. The van der Waals surface area contributed by atoms with Gasteiger partial charge in [0, 0.05) is 13.2 Å². The number of ether oxygens (including phenoxy) is 1. The van der Waals surface area contributed by atoms with E-state index in [9.17, 15) is 4.79 Å². The molecule has 1 aromatic carbocycles. The molecule has 1 aromatic rings. The molecule has 5 heteroatoms. The number of phenolic OH excluding ortho intramolecular Hbond substituents is 1. The first-order valence-electron chi connectivity index (χ1n) is 4.41. The van der Waals surface area contributed by atoms with Crippen molar-refractivity contribution in [1.29, 1.82) is 0 Å². The molecule has 1 amide bonds. The van der Waals surface area contributed by atoms with Gasteiger partial charge in [-0.3, -0.25) is 4.79 Å². The quantitative estimate of drug-likeness (QED) is 0.777. The number of phenols is 1. The fraction of sp³-hybridized carbons (Fsp3) is 0.300. The second-order valence-corrected chi connectivity index (χ2v) is 3.36. The van der Waals surface area contributed by atoms with Crippen LogP contribution in [-0.4, -0.2) is 24.7 Å². The summed E-state index contributed by atoms with van der Waals surface area (Å²) < 4.78 is 4.77. The minimum Gasteiger partial charge on any atom is -0.508 e. The van der Waals surface area contributed by atoms with Gasteiger partial charge in [-0.25, -0.2) is 0 Å². The number of nitrogens with one attached hydrogen (secondary N) is 1. The molecule has 0 atom stereocenters. The first kappa shape index (κ1) is 11.8. The minimum atomic E-state index is -0.176. The van der Waals surface area contributed by atoms with Gasteiger partial charge >= 0.3 is 0 Å². The fourth-order valence-corrected chi connectivity index (χ4v) is 1.23. The largest absolute Gasteiger partial charge is 0.508 e. The van der Waals surface area contributed by atoms with Crippen LogP contribution in [0.25, 0.3) is 0 Å². The minimum absolute atomic E-state index is 0.0647. The smallest absolute Gasteiger partial charge is 0.226 e. The van der Waals surface area contributed by atoms with E-state index < -0.39 is 0 Å². The van der Waals surface area contributed by atoms with Gasteiger partial charge in [0.15, 0.2) is 0 Å². The van der Waals surface area contributed by atoms with E-state index in [1.165, 1.54) is 19.2 Å². The van der Waals surface area contributed by atoms with Crippen LogP contribution in [0.5, 0.6) is 5.75 Å². The Hall–Kier alpha value is -1.26. The van der Waals surface area contributed by atoms with Gasteiger partial charge in [0.05, 0.1) is 23.7 Å². The van der Waals surface area contributed by atoms with Crippen LogP contribution >= 0.6 is 11.6 Å². The predicted molar refractivity (Wildman–Crippen MR) is 58.2 cm³/mol. The van der Waals surface area contributed by atoms with Crippen molar-refractivity contribution in [2.45, 2.75) is 6.42 Å². The maximum absolute atomic E-state index is 11.3. The maximum atomic E-state index is 11.3. The van der Waals surface area contributed by atoms with Crippen molar-refractivity contribution in [2.24, 2.45) is 0 Å². The Balaban J connectivity index is 2.60. The predicted octanol–water partition coefficient (Wildman–Crippen LogP) is 2.02. The number of hydrogen-bond acceptors (Lipinski definition) is 3. The van der Waals surface area contributed by atoms with Crippen LogP contribution in [-0.2, 0) is 9.53 Å². The van der Waals surface area contributed by atoms with Crippen molar-refractivity contribution in [3.63, 3.8) is 0 Å². The molecule has 4 nitrogen and oxygen atoms in total. The average molecular weight is 230 g/mol. The Morgan fingerprint density at radius 3 is 2.93 bits per heavy atom. The molecule has 0 bridgehead atoms. The Kier molecular flexibility index (Phi) is 4.39. The highest BCUT2D eigenvalue weighted by Crippen LogP contribution is 2.25. The highest BCUT2D eigenvalue weighted by Gasteiger charge is 2.05. The highest BCUT2D eigenvalue weighted by molar-refractivity contribution is 6.33. The molecule has 0 radical (unpaired) electrons. The van der Waals surface area contributed by atoms with Crippen LogP contribution in [0.4, 0.5) is 5.69 Å². The fourth-order valence-electron chi connectivity index (χ4n) is 1.01. The van der Waals surface area contributed by atoms with Crippen LogP contribution in [0.2, 0.25) is 5.02 Å². The number of carbonyl (C=O) groups excluding carboxylic acids is 1. The molecule has 0 fully saturated rings. The third-order valence-corrected chi connectivity index (χ3v) is 2.07. The molecule has 0 aliphatic rings. The van der Waals surface area contributed by atoms with E-state index in [2.05, 4.69) is 5.32 Å². The van der Waals surface area contributed by atoms with Gasteiger partial charge in [-0.1, -0.05) is 11.6 Å². The molecule has 0 heterocycles. The zero-order chi connectivity index (χ0) is 11.3. The number of amides is 1. The lowest BCUT2D eigenvalue weighted by molar-refractivity contribution is -0.117. The molecule has 2 N–H and O–H groups in total. The molecular weight excluding hydrogens is 218 g/mol. The molecule has 0 aliphatic carbocycles. The first-order chi connectivity index (χ1) is 7.13. The monoisotopic (exact) mass is 229 g/mol. The number of benzene rings is 1. The van der Waals surface area contributed by atoms with Gasteiger partial charge in [0.2, 0.25) is 5.91 Å².